The molecule has 1 atom stereocenters. The molecule has 0 unspecified atom stereocenters. The second kappa shape index (κ2) is 8.83. The van der Waals surface area contributed by atoms with Crippen LogP contribution in [0, 0.1) is 5.92 Å². The number of H-pyrrole nitrogens is 1. The Morgan fingerprint density at radius 2 is 1.86 bits per heavy atom. The third kappa shape index (κ3) is 4.30. The number of ether oxygens (including phenoxy) is 2. The minimum Gasteiger partial charge on any atom is -0.497 e. The van der Waals surface area contributed by atoms with Gasteiger partial charge in [-0.1, -0.05) is 38.1 Å². The first kappa shape index (κ1) is 19.8. The second-order valence-corrected chi connectivity index (χ2v) is 7.35. The number of nitrogens with one attached hydrogen (secondary N) is 2. The summed E-state index contributed by atoms with van der Waals surface area (Å²) in [6.45, 7) is 4.84. The smallest absolute Gasteiger partial charge is 0.220 e. The Labute approximate surface area is 166 Å². The zero-order valence-corrected chi connectivity index (χ0v) is 16.9. The van der Waals surface area contributed by atoms with Crippen molar-refractivity contribution in [3.63, 3.8) is 0 Å². The van der Waals surface area contributed by atoms with Gasteiger partial charge in [0.1, 0.15) is 11.5 Å². The summed E-state index contributed by atoms with van der Waals surface area (Å²) in [6.07, 6.45) is 2.34. The number of carbonyl (C=O) groups excluding carboxylic acids is 1. The largest absolute Gasteiger partial charge is 0.497 e. The molecule has 28 heavy (non-hydrogen) atoms. The predicted octanol–water partition coefficient (Wildman–Crippen LogP) is 4.48. The first-order chi connectivity index (χ1) is 13.5. The van der Waals surface area contributed by atoms with Crippen LogP contribution in [-0.4, -0.2) is 31.7 Å². The minimum absolute atomic E-state index is 0.0295. The van der Waals surface area contributed by atoms with Crippen molar-refractivity contribution in [3.05, 3.63) is 59.8 Å². The molecule has 148 valence electrons. The van der Waals surface area contributed by atoms with Gasteiger partial charge < -0.3 is 19.8 Å². The topological polar surface area (TPSA) is 63.3 Å². The number of hydrogen-bond donors (Lipinski definition) is 2. The van der Waals surface area contributed by atoms with Crippen molar-refractivity contribution in [2.45, 2.75) is 26.2 Å². The fraction of sp³-hybridized carbons (Fsp3) is 0.348. The van der Waals surface area contributed by atoms with E-state index in [0.717, 1.165) is 27.8 Å². The number of hydrogen-bond acceptors (Lipinski definition) is 3. The Bertz CT molecular complexity index is 946. The van der Waals surface area contributed by atoms with Crippen molar-refractivity contribution in [3.8, 4) is 11.5 Å². The molecule has 0 fully saturated rings. The molecule has 0 aliphatic heterocycles. The van der Waals surface area contributed by atoms with Gasteiger partial charge >= 0.3 is 0 Å². The molecule has 3 aromatic rings. The summed E-state index contributed by atoms with van der Waals surface area (Å²) in [5.41, 5.74) is 3.10. The summed E-state index contributed by atoms with van der Waals surface area (Å²) >= 11 is 0. The first-order valence-electron chi connectivity index (χ1n) is 9.58. The van der Waals surface area contributed by atoms with E-state index in [1.165, 1.54) is 0 Å². The second-order valence-electron chi connectivity index (χ2n) is 7.35. The van der Waals surface area contributed by atoms with E-state index in [1.54, 1.807) is 14.2 Å². The zero-order valence-electron chi connectivity index (χ0n) is 16.9. The molecule has 0 saturated carbocycles. The van der Waals surface area contributed by atoms with Crippen molar-refractivity contribution < 1.29 is 14.3 Å². The average Bonchev–Trinajstić information content (AvgIpc) is 3.14. The van der Waals surface area contributed by atoms with Crippen LogP contribution in [0.25, 0.3) is 10.9 Å². The molecule has 0 aliphatic rings. The maximum Gasteiger partial charge on any atom is 0.220 e. The summed E-state index contributed by atoms with van der Waals surface area (Å²) in [5.74, 6) is 1.74. The zero-order chi connectivity index (χ0) is 20.1. The Morgan fingerprint density at radius 3 is 2.57 bits per heavy atom. The normalized spacial score (nSPS) is 12.2. The van der Waals surface area contributed by atoms with E-state index in [4.69, 9.17) is 9.47 Å². The third-order valence-electron chi connectivity index (χ3n) is 4.91. The molecule has 0 radical (unpaired) electrons. The van der Waals surface area contributed by atoms with Crippen LogP contribution in [0.5, 0.6) is 11.5 Å². The first-order valence-corrected chi connectivity index (χ1v) is 9.58. The van der Waals surface area contributed by atoms with Gasteiger partial charge in [-0.15, -0.1) is 0 Å². The van der Waals surface area contributed by atoms with E-state index in [-0.39, 0.29) is 11.8 Å². The van der Waals surface area contributed by atoms with Gasteiger partial charge in [0.25, 0.3) is 0 Å². The van der Waals surface area contributed by atoms with Crippen LogP contribution in [-0.2, 0) is 4.79 Å². The molecular formula is C23H28N2O3. The number of aromatic amines is 1. The fourth-order valence-electron chi connectivity index (χ4n) is 3.45. The Hall–Kier alpha value is -2.95. The average molecular weight is 380 g/mol. The number of amides is 1. The maximum absolute atomic E-state index is 12.7. The van der Waals surface area contributed by atoms with Gasteiger partial charge in [-0.3, -0.25) is 4.79 Å². The van der Waals surface area contributed by atoms with E-state index in [1.807, 2.05) is 42.6 Å². The molecule has 1 heterocycles. The number of rotatable bonds is 8. The van der Waals surface area contributed by atoms with E-state index in [9.17, 15) is 4.79 Å². The summed E-state index contributed by atoms with van der Waals surface area (Å²) in [5, 5.41) is 4.15. The van der Waals surface area contributed by atoms with Crippen LogP contribution in [0.2, 0.25) is 0 Å². The number of carbonyl (C=O) groups is 1. The van der Waals surface area contributed by atoms with E-state index in [0.29, 0.717) is 24.6 Å². The number of benzene rings is 2. The Morgan fingerprint density at radius 1 is 1.07 bits per heavy atom. The lowest BCUT2D eigenvalue weighted by atomic mass is 9.87. The lowest BCUT2D eigenvalue weighted by Gasteiger charge is -2.20. The van der Waals surface area contributed by atoms with Crippen molar-refractivity contribution in [1.29, 1.82) is 0 Å². The SMILES string of the molecule is COc1ccc([C@@H](CC(=O)NCC(C)C)c2c[nH]c3ccccc23)c(OC)c1. The van der Waals surface area contributed by atoms with E-state index in [2.05, 4.69) is 30.2 Å². The van der Waals surface area contributed by atoms with Crippen LogP contribution < -0.4 is 14.8 Å². The molecule has 2 aromatic carbocycles. The molecular weight excluding hydrogens is 352 g/mol. The summed E-state index contributed by atoms with van der Waals surface area (Å²) < 4.78 is 11.0. The molecule has 1 aromatic heterocycles. The molecule has 0 aliphatic carbocycles. The molecule has 0 spiro atoms. The van der Waals surface area contributed by atoms with Gasteiger partial charge in [-0.2, -0.15) is 0 Å². The van der Waals surface area contributed by atoms with E-state index < -0.39 is 0 Å². The monoisotopic (exact) mass is 380 g/mol. The molecule has 5 nitrogen and oxygen atoms in total. The predicted molar refractivity (Wildman–Crippen MR) is 112 cm³/mol. The highest BCUT2D eigenvalue weighted by atomic mass is 16.5. The maximum atomic E-state index is 12.7. The van der Waals surface area contributed by atoms with Crippen molar-refractivity contribution in [2.24, 2.45) is 5.92 Å². The van der Waals surface area contributed by atoms with Gasteiger partial charge in [0.15, 0.2) is 0 Å². The van der Waals surface area contributed by atoms with Crippen molar-refractivity contribution in [2.75, 3.05) is 20.8 Å². The van der Waals surface area contributed by atoms with Crippen LogP contribution in [0.1, 0.15) is 37.3 Å². The number of para-hydroxylation sites is 1. The van der Waals surface area contributed by atoms with Crippen LogP contribution >= 0.6 is 0 Å². The lowest BCUT2D eigenvalue weighted by molar-refractivity contribution is -0.121. The van der Waals surface area contributed by atoms with Crippen LogP contribution in [0.3, 0.4) is 0 Å². The molecule has 1 amide bonds. The molecule has 3 rings (SSSR count). The lowest BCUT2D eigenvalue weighted by Crippen LogP contribution is -2.28. The number of fused-ring (bicyclic) bond motifs is 1. The van der Waals surface area contributed by atoms with Gasteiger partial charge in [0.2, 0.25) is 5.91 Å². The number of aromatic nitrogens is 1. The standard InChI is InChI=1S/C23H28N2O3/c1-15(2)13-25-23(26)12-19(18-10-9-16(27-3)11-22(18)28-4)20-14-24-21-8-6-5-7-17(20)21/h5-11,14-15,19,24H,12-13H2,1-4H3,(H,25,26)/t19-/m1/s1. The van der Waals surface area contributed by atoms with Crippen molar-refractivity contribution >= 4 is 16.8 Å². The fourth-order valence-corrected chi connectivity index (χ4v) is 3.45. The molecule has 2 N–H and O–H groups in total. The highest BCUT2D eigenvalue weighted by molar-refractivity contribution is 5.86. The minimum atomic E-state index is -0.135. The third-order valence-corrected chi connectivity index (χ3v) is 4.91. The summed E-state index contributed by atoms with van der Waals surface area (Å²) in [6, 6.07) is 13.9. The number of methoxy groups -OCH3 is 2. The van der Waals surface area contributed by atoms with Crippen molar-refractivity contribution in [1.82, 2.24) is 10.3 Å². The van der Waals surface area contributed by atoms with Gasteiger partial charge in [0.05, 0.1) is 14.2 Å². The van der Waals surface area contributed by atoms with Crippen LogP contribution in [0.15, 0.2) is 48.7 Å². The highest BCUT2D eigenvalue weighted by Gasteiger charge is 2.24. The van der Waals surface area contributed by atoms with Gasteiger partial charge in [-0.25, -0.2) is 0 Å². The highest BCUT2D eigenvalue weighted by Crippen LogP contribution is 2.39. The Kier molecular flexibility index (Phi) is 6.24. The van der Waals surface area contributed by atoms with Gasteiger partial charge in [-0.05, 0) is 23.6 Å². The van der Waals surface area contributed by atoms with E-state index >= 15 is 0 Å². The summed E-state index contributed by atoms with van der Waals surface area (Å²) in [4.78, 5) is 16.0. The summed E-state index contributed by atoms with van der Waals surface area (Å²) in [7, 11) is 3.27. The quantitative estimate of drug-likeness (QED) is 0.606. The molecule has 0 bridgehead atoms. The molecule has 5 heteroatoms. The molecule has 0 saturated heterocycles. The van der Waals surface area contributed by atoms with Gasteiger partial charge in [0, 0.05) is 47.6 Å². The Balaban J connectivity index is 2.03. The van der Waals surface area contributed by atoms with Crippen LogP contribution in [0.4, 0.5) is 0 Å².